The zero-order valence-electron chi connectivity index (χ0n) is 19.3. The Morgan fingerprint density at radius 1 is 1.36 bits per heavy atom. The third-order valence-corrected chi connectivity index (χ3v) is 8.61. The number of nitrogens with zero attached hydrogens (tertiary/aromatic N) is 2. The van der Waals surface area contributed by atoms with Gasteiger partial charge in [-0.15, -0.1) is 6.58 Å². The summed E-state index contributed by atoms with van der Waals surface area (Å²) in [7, 11) is 0. The van der Waals surface area contributed by atoms with Gasteiger partial charge < -0.3 is 24.4 Å². The first-order valence-electron chi connectivity index (χ1n) is 12.2. The van der Waals surface area contributed by atoms with Gasteiger partial charge in [0.1, 0.15) is 11.6 Å². The Kier molecular flexibility index (Phi) is 7.50. The summed E-state index contributed by atoms with van der Waals surface area (Å²) < 4.78 is 11.8. The Morgan fingerprint density at radius 2 is 2.09 bits per heavy atom. The van der Waals surface area contributed by atoms with Gasteiger partial charge in [-0.1, -0.05) is 41.3 Å². The zero-order chi connectivity index (χ0) is 23.8. The second kappa shape index (κ2) is 10.0. The molecule has 2 bridgehead atoms. The summed E-state index contributed by atoms with van der Waals surface area (Å²) in [6.45, 7) is 6.38. The summed E-state index contributed by atoms with van der Waals surface area (Å²) in [5, 5.41) is 9.46. The molecule has 0 aromatic rings. The smallest absolute Gasteiger partial charge is 0.312 e. The molecule has 1 aliphatic carbocycles. The highest BCUT2D eigenvalue weighted by molar-refractivity contribution is 9.09. The number of rotatable bonds is 9. The van der Waals surface area contributed by atoms with Crippen LogP contribution in [0.4, 0.5) is 0 Å². The van der Waals surface area contributed by atoms with Crippen LogP contribution in [0.5, 0.6) is 0 Å². The molecule has 1 spiro atoms. The van der Waals surface area contributed by atoms with Gasteiger partial charge in [0, 0.05) is 30.6 Å². The molecular formula is C24H35BrN2O6. The quantitative estimate of drug-likeness (QED) is 0.280. The predicted molar refractivity (Wildman–Crippen MR) is 125 cm³/mol. The van der Waals surface area contributed by atoms with Gasteiger partial charge in [0.25, 0.3) is 0 Å². The molecule has 0 aromatic carbocycles. The van der Waals surface area contributed by atoms with Crippen LogP contribution in [0.1, 0.15) is 51.9 Å². The molecule has 0 aromatic heterocycles. The Bertz CT molecular complexity index is 787. The third kappa shape index (κ3) is 4.04. The zero-order valence-corrected chi connectivity index (χ0v) is 20.9. The van der Waals surface area contributed by atoms with Crippen molar-refractivity contribution < 1.29 is 29.0 Å². The van der Waals surface area contributed by atoms with Crippen molar-refractivity contribution in [1.82, 2.24) is 9.80 Å². The molecule has 1 unspecified atom stereocenters. The minimum Gasteiger partial charge on any atom is -0.466 e. The molecule has 4 aliphatic rings. The largest absolute Gasteiger partial charge is 0.466 e. The van der Waals surface area contributed by atoms with Crippen LogP contribution in [0.3, 0.4) is 0 Å². The first-order valence-corrected chi connectivity index (χ1v) is 13.1. The average Bonchev–Trinajstić information content (AvgIpc) is 3.40. The maximum absolute atomic E-state index is 14.2. The lowest BCUT2D eigenvalue weighted by atomic mass is 9.70. The number of fused-ring (bicyclic) bond motifs is 1. The highest BCUT2D eigenvalue weighted by Crippen LogP contribution is 2.60. The van der Waals surface area contributed by atoms with E-state index in [1.54, 1.807) is 17.9 Å². The number of ether oxygens (including phenoxy) is 2. The van der Waals surface area contributed by atoms with Crippen LogP contribution in [0.15, 0.2) is 12.7 Å². The molecule has 9 heteroatoms. The molecule has 3 heterocycles. The molecule has 184 valence electrons. The number of likely N-dealkylation sites (tertiary alicyclic amines) is 1. The summed E-state index contributed by atoms with van der Waals surface area (Å²) in [6.07, 6.45) is 7.24. The maximum Gasteiger partial charge on any atom is 0.312 e. The molecule has 3 saturated heterocycles. The van der Waals surface area contributed by atoms with Crippen molar-refractivity contribution in [3.8, 4) is 0 Å². The second-order valence-corrected chi connectivity index (χ2v) is 10.8. The van der Waals surface area contributed by atoms with Crippen LogP contribution in [0.2, 0.25) is 0 Å². The predicted octanol–water partition coefficient (Wildman–Crippen LogP) is 2.03. The molecule has 1 saturated carbocycles. The van der Waals surface area contributed by atoms with E-state index in [-0.39, 0.29) is 42.4 Å². The number of halogens is 1. The van der Waals surface area contributed by atoms with E-state index in [0.717, 1.165) is 25.7 Å². The van der Waals surface area contributed by atoms with Gasteiger partial charge in [-0.2, -0.15) is 0 Å². The Morgan fingerprint density at radius 3 is 2.73 bits per heavy atom. The van der Waals surface area contributed by atoms with Crippen molar-refractivity contribution in [2.45, 2.75) is 80.5 Å². The molecular weight excluding hydrogens is 492 g/mol. The van der Waals surface area contributed by atoms with Crippen LogP contribution >= 0.6 is 15.9 Å². The van der Waals surface area contributed by atoms with E-state index >= 15 is 0 Å². The molecule has 0 radical (unpaired) electrons. The van der Waals surface area contributed by atoms with Crippen LogP contribution in [0, 0.1) is 11.8 Å². The van der Waals surface area contributed by atoms with Gasteiger partial charge in [0.2, 0.25) is 11.8 Å². The number of esters is 1. The number of carbonyl (C=O) groups excluding carboxylic acids is 3. The fourth-order valence-electron chi connectivity index (χ4n) is 6.51. The van der Waals surface area contributed by atoms with Crippen LogP contribution in [-0.4, -0.2) is 87.6 Å². The topological polar surface area (TPSA) is 96.4 Å². The summed E-state index contributed by atoms with van der Waals surface area (Å²) in [4.78, 5) is 44.1. The van der Waals surface area contributed by atoms with Crippen molar-refractivity contribution in [1.29, 1.82) is 0 Å². The molecule has 4 rings (SSSR count). The van der Waals surface area contributed by atoms with Crippen LogP contribution < -0.4 is 0 Å². The fraction of sp³-hybridized carbons (Fsp3) is 0.792. The van der Waals surface area contributed by atoms with Crippen molar-refractivity contribution in [2.75, 3.05) is 26.3 Å². The van der Waals surface area contributed by atoms with Crippen LogP contribution in [-0.2, 0) is 23.9 Å². The number of amides is 2. The first-order chi connectivity index (χ1) is 15.9. The lowest BCUT2D eigenvalue weighted by molar-refractivity contribution is -0.155. The summed E-state index contributed by atoms with van der Waals surface area (Å²) >= 11 is 3.66. The van der Waals surface area contributed by atoms with Crippen molar-refractivity contribution in [3.63, 3.8) is 0 Å². The maximum atomic E-state index is 14.2. The van der Waals surface area contributed by atoms with Gasteiger partial charge in [-0.3, -0.25) is 14.4 Å². The van der Waals surface area contributed by atoms with E-state index in [2.05, 4.69) is 22.5 Å². The SMILES string of the molecule is C=CCN(C(=O)[C@@H]1N(CCCO)C(=O)[C@H]2[C@H](C(=O)OCC)[C@H]3O[C@@]12CC3Br)C1CCCCC1. The van der Waals surface area contributed by atoms with Gasteiger partial charge in [-0.25, -0.2) is 0 Å². The van der Waals surface area contributed by atoms with Crippen molar-refractivity contribution >= 4 is 33.7 Å². The number of aliphatic hydroxyl groups is 1. The molecule has 8 nitrogen and oxygen atoms in total. The molecule has 2 amide bonds. The van der Waals surface area contributed by atoms with E-state index in [4.69, 9.17) is 9.47 Å². The van der Waals surface area contributed by atoms with E-state index < -0.39 is 35.6 Å². The normalized spacial score (nSPS) is 35.5. The number of carbonyl (C=O) groups is 3. The number of alkyl halides is 1. The second-order valence-electron chi connectivity index (χ2n) is 9.60. The molecule has 3 aliphatic heterocycles. The average molecular weight is 527 g/mol. The summed E-state index contributed by atoms with van der Waals surface area (Å²) in [5.41, 5.74) is -1.08. The van der Waals surface area contributed by atoms with Gasteiger partial charge in [0.15, 0.2) is 0 Å². The molecule has 1 N–H and O–H groups in total. The van der Waals surface area contributed by atoms with E-state index in [1.165, 1.54) is 6.42 Å². The highest BCUT2D eigenvalue weighted by Gasteiger charge is 2.77. The van der Waals surface area contributed by atoms with E-state index in [0.29, 0.717) is 19.4 Å². The van der Waals surface area contributed by atoms with Gasteiger partial charge >= 0.3 is 5.97 Å². The number of aliphatic hydroxyl groups excluding tert-OH is 1. The first kappa shape index (κ1) is 24.7. The minimum atomic E-state index is -1.08. The minimum absolute atomic E-state index is 0.0901. The van der Waals surface area contributed by atoms with Crippen LogP contribution in [0.25, 0.3) is 0 Å². The lowest BCUT2D eigenvalue weighted by Crippen LogP contribution is -2.58. The van der Waals surface area contributed by atoms with Crippen molar-refractivity contribution in [3.05, 3.63) is 12.7 Å². The molecule has 6 atom stereocenters. The van der Waals surface area contributed by atoms with Gasteiger partial charge in [-0.05, 0) is 32.6 Å². The number of hydrogen-bond donors (Lipinski definition) is 1. The van der Waals surface area contributed by atoms with Crippen molar-refractivity contribution in [2.24, 2.45) is 11.8 Å². The number of hydrogen-bond acceptors (Lipinski definition) is 6. The molecule has 4 fully saturated rings. The standard InChI is InChI=1S/C24H35BrN2O6/c1-3-11-26(15-9-6-5-7-10-15)22(30)20-24-14-16(25)19(33-24)17(23(31)32-4-2)18(24)21(29)27(20)12-8-13-28/h3,15-20,28H,1,4-14H2,2H3/t16?,17-,18+,19-,20-,24+/m0/s1. The third-order valence-electron chi connectivity index (χ3n) is 7.76. The molecule has 33 heavy (non-hydrogen) atoms. The summed E-state index contributed by atoms with van der Waals surface area (Å²) in [6, 6.07) is -0.721. The fourth-order valence-corrected chi connectivity index (χ4v) is 7.45. The summed E-state index contributed by atoms with van der Waals surface area (Å²) in [5.74, 6) is -2.32. The van der Waals surface area contributed by atoms with E-state index in [9.17, 15) is 19.5 Å². The highest BCUT2D eigenvalue weighted by atomic mass is 79.9. The Hall–Kier alpha value is -1.45. The lowest BCUT2D eigenvalue weighted by Gasteiger charge is -2.41. The van der Waals surface area contributed by atoms with Gasteiger partial charge in [0.05, 0.1) is 24.5 Å². The monoisotopic (exact) mass is 526 g/mol. The Labute approximate surface area is 203 Å². The Balaban J connectivity index is 1.73. The van der Waals surface area contributed by atoms with E-state index in [1.807, 2.05) is 4.90 Å².